The molecule has 1 saturated carbocycles. The largest absolute Gasteiger partial charge is 0.478 e. The molecule has 1 heterocycles. The van der Waals surface area contributed by atoms with Gasteiger partial charge in [-0.3, -0.25) is 4.79 Å². The summed E-state index contributed by atoms with van der Waals surface area (Å²) >= 11 is 0. The predicted molar refractivity (Wildman–Crippen MR) is 74.8 cm³/mol. The average Bonchev–Trinajstić information content (AvgIpc) is 2.95. The monoisotopic (exact) mass is 273 g/mol. The molecule has 2 atom stereocenters. The SMILES string of the molecule is O=C(O)c1cccc(C(=O)N2CCC[C@H]3CCC[C@H]32)c1. The van der Waals surface area contributed by atoms with E-state index in [1.807, 2.05) is 4.90 Å². The van der Waals surface area contributed by atoms with Crippen LogP contribution in [0, 0.1) is 5.92 Å². The van der Waals surface area contributed by atoms with E-state index < -0.39 is 5.97 Å². The Morgan fingerprint density at radius 1 is 1.10 bits per heavy atom. The Kier molecular flexibility index (Phi) is 3.47. The quantitative estimate of drug-likeness (QED) is 0.901. The number of fused-ring (bicyclic) bond motifs is 1. The number of rotatable bonds is 2. The van der Waals surface area contributed by atoms with E-state index in [9.17, 15) is 9.59 Å². The molecular weight excluding hydrogens is 254 g/mol. The van der Waals surface area contributed by atoms with Crippen LogP contribution in [0.5, 0.6) is 0 Å². The summed E-state index contributed by atoms with van der Waals surface area (Å²) in [5, 5.41) is 9.03. The van der Waals surface area contributed by atoms with Crippen LogP contribution in [0.4, 0.5) is 0 Å². The molecule has 0 aromatic heterocycles. The van der Waals surface area contributed by atoms with E-state index in [1.54, 1.807) is 12.1 Å². The molecule has 1 N–H and O–H groups in total. The van der Waals surface area contributed by atoms with Crippen molar-refractivity contribution < 1.29 is 14.7 Å². The zero-order chi connectivity index (χ0) is 14.1. The first-order valence-electron chi connectivity index (χ1n) is 7.31. The highest BCUT2D eigenvalue weighted by molar-refractivity contribution is 5.97. The number of amides is 1. The van der Waals surface area contributed by atoms with Crippen LogP contribution in [0.15, 0.2) is 24.3 Å². The van der Waals surface area contributed by atoms with Gasteiger partial charge < -0.3 is 10.0 Å². The Bertz CT molecular complexity index is 540. The standard InChI is InChI=1S/C16H19NO3/c18-15(12-5-1-6-13(10-12)16(19)20)17-9-3-7-11-4-2-8-14(11)17/h1,5-6,10-11,14H,2-4,7-9H2,(H,19,20)/t11-,14-/m1/s1. The molecule has 1 aromatic carbocycles. The lowest BCUT2D eigenvalue weighted by Crippen LogP contribution is -2.46. The molecule has 4 heteroatoms. The van der Waals surface area contributed by atoms with Crippen LogP contribution in [0.2, 0.25) is 0 Å². The Balaban J connectivity index is 1.84. The fraction of sp³-hybridized carbons (Fsp3) is 0.500. The molecule has 0 spiro atoms. The van der Waals surface area contributed by atoms with Crippen LogP contribution >= 0.6 is 0 Å². The molecule has 1 saturated heterocycles. The van der Waals surface area contributed by atoms with E-state index in [0.717, 1.165) is 19.4 Å². The summed E-state index contributed by atoms with van der Waals surface area (Å²) in [6, 6.07) is 6.74. The first-order valence-corrected chi connectivity index (χ1v) is 7.31. The van der Waals surface area contributed by atoms with Crippen molar-refractivity contribution in [2.45, 2.75) is 38.1 Å². The van der Waals surface area contributed by atoms with Crippen LogP contribution in [-0.2, 0) is 0 Å². The molecule has 20 heavy (non-hydrogen) atoms. The third-order valence-electron chi connectivity index (χ3n) is 4.61. The lowest BCUT2D eigenvalue weighted by atomic mass is 9.91. The predicted octanol–water partition coefficient (Wildman–Crippen LogP) is 2.79. The minimum Gasteiger partial charge on any atom is -0.478 e. The van der Waals surface area contributed by atoms with Gasteiger partial charge in [0.05, 0.1) is 5.56 Å². The highest BCUT2D eigenvalue weighted by Crippen LogP contribution is 2.37. The van der Waals surface area contributed by atoms with Crippen LogP contribution in [0.3, 0.4) is 0 Å². The number of carbonyl (C=O) groups is 2. The van der Waals surface area contributed by atoms with Crippen LogP contribution < -0.4 is 0 Å². The normalized spacial score (nSPS) is 25.3. The van der Waals surface area contributed by atoms with Crippen molar-refractivity contribution in [2.75, 3.05) is 6.54 Å². The summed E-state index contributed by atoms with van der Waals surface area (Å²) in [6.07, 6.45) is 5.81. The highest BCUT2D eigenvalue weighted by Gasteiger charge is 2.37. The number of benzene rings is 1. The van der Waals surface area contributed by atoms with E-state index >= 15 is 0 Å². The molecular formula is C16H19NO3. The van der Waals surface area contributed by atoms with Crippen molar-refractivity contribution in [1.82, 2.24) is 4.90 Å². The summed E-state index contributed by atoms with van der Waals surface area (Å²) < 4.78 is 0. The maximum Gasteiger partial charge on any atom is 0.335 e. The van der Waals surface area contributed by atoms with Gasteiger partial charge in [0.15, 0.2) is 0 Å². The fourth-order valence-electron chi connectivity index (χ4n) is 3.66. The summed E-state index contributed by atoms with van der Waals surface area (Å²) in [5.74, 6) is -0.350. The first kappa shape index (κ1) is 13.2. The zero-order valence-corrected chi connectivity index (χ0v) is 11.4. The van der Waals surface area contributed by atoms with Crippen molar-refractivity contribution in [3.8, 4) is 0 Å². The number of aromatic carboxylic acids is 1. The third-order valence-corrected chi connectivity index (χ3v) is 4.61. The van der Waals surface area contributed by atoms with E-state index in [4.69, 9.17) is 5.11 Å². The molecule has 1 aromatic rings. The first-order chi connectivity index (χ1) is 9.66. The topological polar surface area (TPSA) is 57.6 Å². The maximum absolute atomic E-state index is 12.7. The van der Waals surface area contributed by atoms with Gasteiger partial charge in [0.1, 0.15) is 0 Å². The number of nitrogens with zero attached hydrogens (tertiary/aromatic N) is 1. The van der Waals surface area contributed by atoms with Gasteiger partial charge in [0.2, 0.25) is 0 Å². The van der Waals surface area contributed by atoms with Gasteiger partial charge in [-0.1, -0.05) is 12.5 Å². The molecule has 1 amide bonds. The minimum absolute atomic E-state index is 0.00954. The van der Waals surface area contributed by atoms with Crippen molar-refractivity contribution in [3.05, 3.63) is 35.4 Å². The highest BCUT2D eigenvalue weighted by atomic mass is 16.4. The fourth-order valence-corrected chi connectivity index (χ4v) is 3.66. The molecule has 3 rings (SSSR count). The number of carboxylic acid groups (broad SMARTS) is 1. The molecule has 2 aliphatic rings. The Morgan fingerprint density at radius 3 is 2.65 bits per heavy atom. The van der Waals surface area contributed by atoms with E-state index in [-0.39, 0.29) is 11.5 Å². The zero-order valence-electron chi connectivity index (χ0n) is 11.4. The number of carboxylic acids is 1. The molecule has 0 radical (unpaired) electrons. The smallest absolute Gasteiger partial charge is 0.335 e. The molecule has 1 aliphatic heterocycles. The number of carbonyl (C=O) groups excluding carboxylic acids is 1. The minimum atomic E-state index is -0.989. The van der Waals surface area contributed by atoms with Crippen molar-refractivity contribution in [2.24, 2.45) is 5.92 Å². The second-order valence-electron chi connectivity index (χ2n) is 5.79. The Labute approximate surface area is 118 Å². The summed E-state index contributed by atoms with van der Waals surface area (Å²) in [4.78, 5) is 25.6. The summed E-state index contributed by atoms with van der Waals surface area (Å²) in [7, 11) is 0. The van der Waals surface area contributed by atoms with Gasteiger partial charge >= 0.3 is 5.97 Å². The average molecular weight is 273 g/mol. The second kappa shape index (κ2) is 5.27. The van der Waals surface area contributed by atoms with E-state index in [0.29, 0.717) is 17.5 Å². The van der Waals surface area contributed by atoms with E-state index in [2.05, 4.69) is 0 Å². The maximum atomic E-state index is 12.7. The Morgan fingerprint density at radius 2 is 1.85 bits per heavy atom. The summed E-state index contributed by atoms with van der Waals surface area (Å²) in [5.41, 5.74) is 0.674. The van der Waals surface area contributed by atoms with Gasteiger partial charge in [-0.25, -0.2) is 4.79 Å². The number of hydrogen-bond donors (Lipinski definition) is 1. The lowest BCUT2D eigenvalue weighted by molar-refractivity contribution is 0.0548. The van der Waals surface area contributed by atoms with Crippen LogP contribution in [-0.4, -0.2) is 34.5 Å². The lowest BCUT2D eigenvalue weighted by Gasteiger charge is -2.37. The van der Waals surface area contributed by atoms with Crippen molar-refractivity contribution in [3.63, 3.8) is 0 Å². The molecule has 0 unspecified atom stereocenters. The summed E-state index contributed by atoms with van der Waals surface area (Å²) in [6.45, 7) is 0.803. The van der Waals surface area contributed by atoms with Gasteiger partial charge in [0.25, 0.3) is 5.91 Å². The molecule has 4 nitrogen and oxygen atoms in total. The van der Waals surface area contributed by atoms with Crippen LogP contribution in [0.1, 0.15) is 52.8 Å². The molecule has 2 fully saturated rings. The van der Waals surface area contributed by atoms with E-state index in [1.165, 1.54) is 31.4 Å². The Hall–Kier alpha value is -1.84. The second-order valence-corrected chi connectivity index (χ2v) is 5.79. The van der Waals surface area contributed by atoms with Gasteiger partial charge in [-0.2, -0.15) is 0 Å². The van der Waals surface area contributed by atoms with Crippen molar-refractivity contribution >= 4 is 11.9 Å². The van der Waals surface area contributed by atoms with Gasteiger partial charge in [-0.05, 0) is 49.8 Å². The molecule has 0 bridgehead atoms. The number of likely N-dealkylation sites (tertiary alicyclic amines) is 1. The van der Waals surface area contributed by atoms with Gasteiger partial charge in [-0.15, -0.1) is 0 Å². The third kappa shape index (κ3) is 2.30. The number of hydrogen-bond acceptors (Lipinski definition) is 2. The number of piperidine rings is 1. The van der Waals surface area contributed by atoms with Gasteiger partial charge in [0, 0.05) is 18.2 Å². The van der Waals surface area contributed by atoms with Crippen LogP contribution in [0.25, 0.3) is 0 Å². The molecule has 106 valence electrons. The van der Waals surface area contributed by atoms with Crippen molar-refractivity contribution in [1.29, 1.82) is 0 Å². The molecule has 1 aliphatic carbocycles.